The van der Waals surface area contributed by atoms with Crippen LogP contribution in [0.1, 0.15) is 17.3 Å². The van der Waals surface area contributed by atoms with E-state index >= 15 is 0 Å². The number of non-ortho nitro benzene ring substituents is 1. The first-order valence-corrected chi connectivity index (χ1v) is 5.69. The fourth-order valence-corrected chi connectivity index (χ4v) is 1.58. The first kappa shape index (κ1) is 14.3. The minimum atomic E-state index is -0.526. The van der Waals surface area contributed by atoms with Gasteiger partial charge in [0.2, 0.25) is 0 Å². The Kier molecular flexibility index (Phi) is 5.41. The molecule has 0 spiro atoms. The third kappa shape index (κ3) is 3.90. The van der Waals surface area contributed by atoms with Gasteiger partial charge >= 0.3 is 0 Å². The van der Waals surface area contributed by atoms with Crippen LogP contribution in [0.2, 0.25) is 0 Å². The molecule has 0 radical (unpaired) electrons. The Morgan fingerprint density at radius 1 is 1.50 bits per heavy atom. The molecule has 18 heavy (non-hydrogen) atoms. The maximum absolute atomic E-state index is 11.9. The van der Waals surface area contributed by atoms with E-state index in [0.29, 0.717) is 18.7 Å². The minimum absolute atomic E-state index is 0.0178. The highest BCUT2D eigenvalue weighted by molar-refractivity contribution is 5.98. The lowest BCUT2D eigenvalue weighted by molar-refractivity contribution is -0.384. The molecule has 0 atom stereocenters. The number of ketones is 1. The monoisotopic (exact) mass is 252 g/mol. The van der Waals surface area contributed by atoms with Gasteiger partial charge in [-0.3, -0.25) is 19.8 Å². The van der Waals surface area contributed by atoms with Gasteiger partial charge in [0.05, 0.1) is 18.1 Å². The summed E-state index contributed by atoms with van der Waals surface area (Å²) in [7, 11) is 0. The van der Waals surface area contributed by atoms with Gasteiger partial charge in [-0.15, -0.1) is 0 Å². The van der Waals surface area contributed by atoms with E-state index in [9.17, 15) is 14.9 Å². The molecule has 1 aromatic rings. The number of hydrogen-bond donors (Lipinski definition) is 1. The van der Waals surface area contributed by atoms with Crippen LogP contribution < -0.4 is 0 Å². The number of nitro groups is 1. The fourth-order valence-electron chi connectivity index (χ4n) is 1.58. The Balaban J connectivity index is 2.77. The lowest BCUT2D eigenvalue weighted by Gasteiger charge is -2.17. The average Bonchev–Trinajstić information content (AvgIpc) is 2.38. The number of rotatable bonds is 7. The number of carbonyl (C=O) groups excluding carboxylic acids is 1. The molecule has 0 aliphatic carbocycles. The SMILES string of the molecule is CCN(CCO)CC(=O)c1cccc([N+](=O)[O-])c1. The van der Waals surface area contributed by atoms with Gasteiger partial charge < -0.3 is 5.11 Å². The molecule has 0 saturated carbocycles. The summed E-state index contributed by atoms with van der Waals surface area (Å²) in [5.74, 6) is -0.186. The van der Waals surface area contributed by atoms with Gasteiger partial charge in [0.1, 0.15) is 0 Å². The van der Waals surface area contributed by atoms with Crippen LogP contribution in [-0.4, -0.2) is 47.0 Å². The smallest absolute Gasteiger partial charge is 0.270 e. The average molecular weight is 252 g/mol. The highest BCUT2D eigenvalue weighted by Crippen LogP contribution is 2.13. The maximum Gasteiger partial charge on any atom is 0.270 e. The second kappa shape index (κ2) is 6.83. The molecule has 0 aliphatic heterocycles. The standard InChI is InChI=1S/C12H16N2O4/c1-2-13(6-7-15)9-12(16)10-4-3-5-11(8-10)14(17)18/h3-5,8,15H,2,6-7,9H2,1H3. The third-order valence-electron chi connectivity index (χ3n) is 2.61. The molecule has 6 nitrogen and oxygen atoms in total. The molecule has 6 heteroatoms. The predicted molar refractivity (Wildman–Crippen MR) is 66.6 cm³/mol. The molecule has 98 valence electrons. The first-order valence-electron chi connectivity index (χ1n) is 5.69. The third-order valence-corrected chi connectivity index (χ3v) is 2.61. The number of likely N-dealkylation sites (N-methyl/N-ethyl adjacent to an activating group) is 1. The van der Waals surface area contributed by atoms with Crippen molar-refractivity contribution >= 4 is 11.5 Å². The maximum atomic E-state index is 11.9. The summed E-state index contributed by atoms with van der Waals surface area (Å²) in [6.45, 7) is 3.07. The Labute approximate surface area is 105 Å². The molecule has 0 saturated heterocycles. The Morgan fingerprint density at radius 2 is 2.22 bits per heavy atom. The van der Waals surface area contributed by atoms with E-state index in [2.05, 4.69) is 0 Å². The molecular formula is C12H16N2O4. The van der Waals surface area contributed by atoms with E-state index in [1.54, 1.807) is 11.0 Å². The molecule has 0 fully saturated rings. The number of carbonyl (C=O) groups is 1. The van der Waals surface area contributed by atoms with E-state index < -0.39 is 4.92 Å². The summed E-state index contributed by atoms with van der Waals surface area (Å²) < 4.78 is 0. The van der Waals surface area contributed by atoms with Crippen LogP contribution >= 0.6 is 0 Å². The van der Waals surface area contributed by atoms with Gasteiger partial charge in [0.25, 0.3) is 5.69 Å². The Hall–Kier alpha value is -1.79. The van der Waals surface area contributed by atoms with Crippen molar-refractivity contribution in [3.8, 4) is 0 Å². The normalized spacial score (nSPS) is 10.6. The van der Waals surface area contributed by atoms with Crippen molar-refractivity contribution in [3.05, 3.63) is 39.9 Å². The highest BCUT2D eigenvalue weighted by Gasteiger charge is 2.14. The molecule has 0 amide bonds. The summed E-state index contributed by atoms with van der Waals surface area (Å²) >= 11 is 0. The highest BCUT2D eigenvalue weighted by atomic mass is 16.6. The second-order valence-corrected chi connectivity index (χ2v) is 3.82. The number of aliphatic hydroxyl groups excluding tert-OH is 1. The zero-order valence-corrected chi connectivity index (χ0v) is 10.2. The van der Waals surface area contributed by atoms with E-state index in [4.69, 9.17) is 5.11 Å². The number of benzene rings is 1. The number of nitro benzene ring substituents is 1. The zero-order chi connectivity index (χ0) is 13.5. The zero-order valence-electron chi connectivity index (χ0n) is 10.2. The van der Waals surface area contributed by atoms with E-state index in [1.165, 1.54) is 18.2 Å². The summed E-state index contributed by atoms with van der Waals surface area (Å²) in [5, 5.41) is 19.4. The molecule has 0 aliphatic rings. The summed E-state index contributed by atoms with van der Waals surface area (Å²) in [6.07, 6.45) is 0. The predicted octanol–water partition coefficient (Wildman–Crippen LogP) is 1.09. The lowest BCUT2D eigenvalue weighted by Crippen LogP contribution is -2.32. The number of hydrogen-bond acceptors (Lipinski definition) is 5. The van der Waals surface area contributed by atoms with Crippen LogP contribution in [0.25, 0.3) is 0 Å². The van der Waals surface area contributed by atoms with Crippen LogP contribution in [0.5, 0.6) is 0 Å². The first-order chi connectivity index (χ1) is 8.58. The Bertz CT molecular complexity index is 434. The molecule has 1 N–H and O–H groups in total. The molecular weight excluding hydrogens is 236 g/mol. The van der Waals surface area contributed by atoms with Gasteiger partial charge in [-0.1, -0.05) is 19.1 Å². The number of nitrogens with zero attached hydrogens (tertiary/aromatic N) is 2. The van der Waals surface area contributed by atoms with Crippen LogP contribution in [0.15, 0.2) is 24.3 Å². The quantitative estimate of drug-likeness (QED) is 0.446. The molecule has 0 heterocycles. The van der Waals surface area contributed by atoms with Gasteiger partial charge in [0.15, 0.2) is 5.78 Å². The van der Waals surface area contributed by atoms with Gasteiger partial charge in [-0.2, -0.15) is 0 Å². The van der Waals surface area contributed by atoms with Crippen LogP contribution in [0, 0.1) is 10.1 Å². The fraction of sp³-hybridized carbons (Fsp3) is 0.417. The molecule has 0 bridgehead atoms. The van der Waals surface area contributed by atoms with Crippen molar-refractivity contribution in [2.24, 2.45) is 0 Å². The minimum Gasteiger partial charge on any atom is -0.395 e. The van der Waals surface area contributed by atoms with Crippen LogP contribution in [0.3, 0.4) is 0 Å². The summed E-state index contributed by atoms with van der Waals surface area (Å²) in [4.78, 5) is 23.8. The van der Waals surface area contributed by atoms with Crippen molar-refractivity contribution in [3.63, 3.8) is 0 Å². The van der Waals surface area contributed by atoms with Crippen LogP contribution in [-0.2, 0) is 0 Å². The summed E-state index contributed by atoms with van der Waals surface area (Å²) in [6, 6.07) is 5.67. The number of aliphatic hydroxyl groups is 1. The molecule has 1 aromatic carbocycles. The van der Waals surface area contributed by atoms with Crippen molar-refractivity contribution in [2.45, 2.75) is 6.92 Å². The second-order valence-electron chi connectivity index (χ2n) is 3.82. The summed E-state index contributed by atoms with van der Waals surface area (Å²) in [5.41, 5.74) is 0.228. The van der Waals surface area contributed by atoms with Gasteiger partial charge in [-0.05, 0) is 6.54 Å². The van der Waals surface area contributed by atoms with Crippen molar-refractivity contribution < 1.29 is 14.8 Å². The number of Topliss-reactive ketones (excluding diaryl/α,β-unsaturated/α-hetero) is 1. The molecule has 0 unspecified atom stereocenters. The topological polar surface area (TPSA) is 83.7 Å². The van der Waals surface area contributed by atoms with E-state index in [1.807, 2.05) is 6.92 Å². The van der Waals surface area contributed by atoms with Crippen LogP contribution in [0.4, 0.5) is 5.69 Å². The van der Waals surface area contributed by atoms with Crippen molar-refractivity contribution in [1.82, 2.24) is 4.90 Å². The van der Waals surface area contributed by atoms with Gasteiger partial charge in [-0.25, -0.2) is 0 Å². The molecule has 1 rings (SSSR count). The van der Waals surface area contributed by atoms with Crippen molar-refractivity contribution in [1.29, 1.82) is 0 Å². The van der Waals surface area contributed by atoms with Gasteiger partial charge in [0, 0.05) is 24.2 Å². The Morgan fingerprint density at radius 3 is 2.78 bits per heavy atom. The van der Waals surface area contributed by atoms with E-state index in [-0.39, 0.29) is 24.6 Å². The largest absolute Gasteiger partial charge is 0.395 e. The molecule has 0 aromatic heterocycles. The van der Waals surface area contributed by atoms with Crippen molar-refractivity contribution in [2.75, 3.05) is 26.2 Å². The lowest BCUT2D eigenvalue weighted by atomic mass is 10.1. The van der Waals surface area contributed by atoms with E-state index in [0.717, 1.165) is 0 Å².